The highest BCUT2D eigenvalue weighted by molar-refractivity contribution is 5.94. The minimum atomic E-state index is -0.0795. The topological polar surface area (TPSA) is 58.6 Å². The SMILES string of the molecule is CC(C)OCCCNC(=O)c1cccc(CN2CCCC2=O)c1. The third kappa shape index (κ3) is 5.67. The molecule has 1 fully saturated rings. The van der Waals surface area contributed by atoms with Crippen LogP contribution in [-0.2, 0) is 16.1 Å². The molecule has 0 aliphatic carbocycles. The zero-order chi connectivity index (χ0) is 16.7. The monoisotopic (exact) mass is 318 g/mol. The van der Waals surface area contributed by atoms with Gasteiger partial charge < -0.3 is 15.0 Å². The molecule has 0 unspecified atom stereocenters. The average molecular weight is 318 g/mol. The lowest BCUT2D eigenvalue weighted by Gasteiger charge is -2.16. The quantitative estimate of drug-likeness (QED) is 0.749. The molecule has 1 heterocycles. The summed E-state index contributed by atoms with van der Waals surface area (Å²) in [6, 6.07) is 7.49. The Balaban J connectivity index is 1.81. The first kappa shape index (κ1) is 17.5. The molecule has 5 heteroatoms. The molecule has 0 radical (unpaired) electrons. The number of rotatable bonds is 8. The van der Waals surface area contributed by atoms with E-state index >= 15 is 0 Å². The van der Waals surface area contributed by atoms with E-state index < -0.39 is 0 Å². The Hall–Kier alpha value is -1.88. The van der Waals surface area contributed by atoms with E-state index in [2.05, 4.69) is 5.32 Å². The highest BCUT2D eigenvalue weighted by atomic mass is 16.5. The molecule has 0 atom stereocenters. The zero-order valence-corrected chi connectivity index (χ0v) is 14.0. The van der Waals surface area contributed by atoms with Gasteiger partial charge in [-0.25, -0.2) is 0 Å². The molecule has 1 N–H and O–H groups in total. The summed E-state index contributed by atoms with van der Waals surface area (Å²) in [6.45, 7) is 6.63. The number of likely N-dealkylation sites (tertiary alicyclic amines) is 1. The lowest BCUT2D eigenvalue weighted by atomic mass is 10.1. The van der Waals surface area contributed by atoms with Gasteiger partial charge in [-0.2, -0.15) is 0 Å². The number of ether oxygens (including phenoxy) is 1. The Labute approximate surface area is 138 Å². The van der Waals surface area contributed by atoms with Crippen molar-refractivity contribution in [3.05, 3.63) is 35.4 Å². The fourth-order valence-corrected chi connectivity index (χ4v) is 2.60. The number of nitrogens with zero attached hydrogens (tertiary/aromatic N) is 1. The summed E-state index contributed by atoms with van der Waals surface area (Å²) in [7, 11) is 0. The summed E-state index contributed by atoms with van der Waals surface area (Å²) in [5.41, 5.74) is 1.63. The van der Waals surface area contributed by atoms with Crippen molar-refractivity contribution in [1.29, 1.82) is 0 Å². The molecule has 0 saturated carbocycles. The van der Waals surface area contributed by atoms with Crippen molar-refractivity contribution in [2.75, 3.05) is 19.7 Å². The van der Waals surface area contributed by atoms with Gasteiger partial charge in [0.1, 0.15) is 0 Å². The molecule has 0 aromatic heterocycles. The molecule has 1 aliphatic heterocycles. The Morgan fingerprint density at radius 1 is 1.39 bits per heavy atom. The van der Waals surface area contributed by atoms with Gasteiger partial charge in [-0.3, -0.25) is 9.59 Å². The smallest absolute Gasteiger partial charge is 0.251 e. The molecule has 1 aromatic rings. The first-order valence-electron chi connectivity index (χ1n) is 8.33. The van der Waals surface area contributed by atoms with E-state index in [1.165, 1.54) is 0 Å². The minimum absolute atomic E-state index is 0.0795. The van der Waals surface area contributed by atoms with Crippen LogP contribution in [0.1, 0.15) is 49.0 Å². The molecule has 0 spiro atoms. The van der Waals surface area contributed by atoms with Gasteiger partial charge in [0, 0.05) is 38.2 Å². The molecule has 2 rings (SSSR count). The predicted octanol–water partition coefficient (Wildman–Crippen LogP) is 2.35. The van der Waals surface area contributed by atoms with Crippen LogP contribution in [0.25, 0.3) is 0 Å². The predicted molar refractivity (Wildman–Crippen MR) is 89.1 cm³/mol. The van der Waals surface area contributed by atoms with Crippen LogP contribution in [0.5, 0.6) is 0 Å². The van der Waals surface area contributed by atoms with Gasteiger partial charge in [-0.1, -0.05) is 12.1 Å². The van der Waals surface area contributed by atoms with E-state index in [1.807, 2.05) is 36.9 Å². The number of carbonyl (C=O) groups excluding carboxylic acids is 2. The van der Waals surface area contributed by atoms with Gasteiger partial charge in [0.05, 0.1) is 6.10 Å². The summed E-state index contributed by atoms with van der Waals surface area (Å²) in [6.07, 6.45) is 2.58. The molecule has 2 amide bonds. The third-order valence-corrected chi connectivity index (χ3v) is 3.79. The fourth-order valence-electron chi connectivity index (χ4n) is 2.60. The third-order valence-electron chi connectivity index (χ3n) is 3.79. The number of nitrogens with one attached hydrogen (secondary N) is 1. The van der Waals surface area contributed by atoms with Crippen LogP contribution in [0, 0.1) is 0 Å². The Morgan fingerprint density at radius 2 is 2.22 bits per heavy atom. The van der Waals surface area contributed by atoms with Crippen LogP contribution < -0.4 is 5.32 Å². The maximum atomic E-state index is 12.2. The van der Waals surface area contributed by atoms with Crippen LogP contribution in [0.2, 0.25) is 0 Å². The minimum Gasteiger partial charge on any atom is -0.379 e. The second-order valence-corrected chi connectivity index (χ2v) is 6.15. The fraction of sp³-hybridized carbons (Fsp3) is 0.556. The van der Waals surface area contributed by atoms with Crippen LogP contribution in [0.3, 0.4) is 0 Å². The van der Waals surface area contributed by atoms with Crippen molar-refractivity contribution in [2.24, 2.45) is 0 Å². The van der Waals surface area contributed by atoms with Crippen molar-refractivity contribution < 1.29 is 14.3 Å². The molecule has 1 aromatic carbocycles. The first-order valence-corrected chi connectivity index (χ1v) is 8.33. The van der Waals surface area contributed by atoms with E-state index in [9.17, 15) is 9.59 Å². The number of hydrogen-bond donors (Lipinski definition) is 1. The van der Waals surface area contributed by atoms with Crippen molar-refractivity contribution in [2.45, 2.75) is 45.8 Å². The lowest BCUT2D eigenvalue weighted by molar-refractivity contribution is -0.128. The number of hydrogen-bond acceptors (Lipinski definition) is 3. The van der Waals surface area contributed by atoms with Crippen molar-refractivity contribution in [3.63, 3.8) is 0 Å². The maximum absolute atomic E-state index is 12.2. The van der Waals surface area contributed by atoms with Crippen LogP contribution >= 0.6 is 0 Å². The molecular weight excluding hydrogens is 292 g/mol. The van der Waals surface area contributed by atoms with Crippen molar-refractivity contribution in [1.82, 2.24) is 10.2 Å². The second-order valence-electron chi connectivity index (χ2n) is 6.15. The standard InChI is InChI=1S/C18H26N2O3/c1-14(2)23-11-5-9-19-18(22)16-7-3-6-15(12-16)13-20-10-4-8-17(20)21/h3,6-7,12,14H,4-5,8-11,13H2,1-2H3,(H,19,22). The molecule has 126 valence electrons. The van der Waals surface area contributed by atoms with Crippen LogP contribution in [-0.4, -0.2) is 42.5 Å². The van der Waals surface area contributed by atoms with Crippen molar-refractivity contribution in [3.8, 4) is 0 Å². The van der Waals surface area contributed by atoms with E-state index in [1.54, 1.807) is 6.07 Å². The molecular formula is C18H26N2O3. The summed E-state index contributed by atoms with van der Waals surface area (Å²) >= 11 is 0. The zero-order valence-electron chi connectivity index (χ0n) is 14.0. The van der Waals surface area contributed by atoms with Gasteiger partial charge >= 0.3 is 0 Å². The first-order chi connectivity index (χ1) is 11.1. The highest BCUT2D eigenvalue weighted by Gasteiger charge is 2.20. The van der Waals surface area contributed by atoms with E-state index in [-0.39, 0.29) is 17.9 Å². The Kier molecular flexibility index (Phi) is 6.59. The lowest BCUT2D eigenvalue weighted by Crippen LogP contribution is -2.26. The summed E-state index contributed by atoms with van der Waals surface area (Å²) in [5, 5.41) is 2.90. The van der Waals surface area contributed by atoms with Crippen LogP contribution in [0.4, 0.5) is 0 Å². The van der Waals surface area contributed by atoms with E-state index in [0.29, 0.717) is 31.7 Å². The molecule has 1 aliphatic rings. The largest absolute Gasteiger partial charge is 0.379 e. The van der Waals surface area contributed by atoms with Gasteiger partial charge in [0.15, 0.2) is 0 Å². The summed E-state index contributed by atoms with van der Waals surface area (Å²) in [4.78, 5) is 25.7. The highest BCUT2D eigenvalue weighted by Crippen LogP contribution is 2.15. The van der Waals surface area contributed by atoms with Gasteiger partial charge in [0.25, 0.3) is 5.91 Å². The molecule has 5 nitrogen and oxygen atoms in total. The second kappa shape index (κ2) is 8.67. The number of carbonyl (C=O) groups is 2. The maximum Gasteiger partial charge on any atom is 0.251 e. The van der Waals surface area contributed by atoms with Crippen LogP contribution in [0.15, 0.2) is 24.3 Å². The normalized spacial score (nSPS) is 14.6. The van der Waals surface area contributed by atoms with Gasteiger partial charge in [0.2, 0.25) is 5.91 Å². The molecule has 1 saturated heterocycles. The van der Waals surface area contributed by atoms with Gasteiger partial charge in [-0.15, -0.1) is 0 Å². The summed E-state index contributed by atoms with van der Waals surface area (Å²) < 4.78 is 5.44. The average Bonchev–Trinajstić information content (AvgIpc) is 2.92. The Bertz CT molecular complexity index is 543. The number of benzene rings is 1. The Morgan fingerprint density at radius 3 is 2.91 bits per heavy atom. The van der Waals surface area contributed by atoms with Crippen molar-refractivity contribution >= 4 is 11.8 Å². The molecule has 23 heavy (non-hydrogen) atoms. The van der Waals surface area contributed by atoms with Gasteiger partial charge in [-0.05, 0) is 44.4 Å². The van der Waals surface area contributed by atoms with E-state index in [0.717, 1.165) is 24.9 Å². The molecule has 0 bridgehead atoms. The number of amides is 2. The summed E-state index contributed by atoms with van der Waals surface area (Å²) in [5.74, 6) is 0.120. The van der Waals surface area contributed by atoms with E-state index in [4.69, 9.17) is 4.74 Å².